The van der Waals surface area contributed by atoms with Gasteiger partial charge in [-0.1, -0.05) is 66.2 Å². The van der Waals surface area contributed by atoms with Crippen molar-refractivity contribution in [2.45, 2.75) is 13.5 Å². The molecule has 0 spiro atoms. The highest BCUT2D eigenvalue weighted by Crippen LogP contribution is 2.23. The Labute approximate surface area is 195 Å². The standard InChI is InChI=1S/C28H27N3O2/c1-22-11-13-23(14-12-22)21-33-27-10-6-5-7-24(27)19-25(20-29)28(32)31-17-15-30(16-18-31)26-8-3-2-4-9-26/h2-14,19H,15-18,21H2,1H3/b25-19-. The van der Waals surface area contributed by atoms with Crippen LogP contribution < -0.4 is 9.64 Å². The molecule has 3 aromatic carbocycles. The minimum absolute atomic E-state index is 0.120. The van der Waals surface area contributed by atoms with E-state index >= 15 is 0 Å². The van der Waals surface area contributed by atoms with Gasteiger partial charge in [-0.15, -0.1) is 0 Å². The van der Waals surface area contributed by atoms with Gasteiger partial charge in [0.05, 0.1) is 0 Å². The molecule has 1 amide bonds. The van der Waals surface area contributed by atoms with Crippen LogP contribution in [0.15, 0.2) is 84.4 Å². The first kappa shape index (κ1) is 22.2. The molecule has 0 N–H and O–H groups in total. The van der Waals surface area contributed by atoms with E-state index in [9.17, 15) is 10.1 Å². The van der Waals surface area contributed by atoms with E-state index in [0.717, 1.165) is 29.9 Å². The molecular formula is C28H27N3O2. The molecule has 0 radical (unpaired) electrons. The number of anilines is 1. The van der Waals surface area contributed by atoms with Gasteiger partial charge in [0, 0.05) is 37.4 Å². The SMILES string of the molecule is Cc1ccc(COc2ccccc2/C=C(/C#N)C(=O)N2CCN(c3ccccc3)CC2)cc1. The minimum Gasteiger partial charge on any atom is -0.488 e. The molecule has 0 bridgehead atoms. The Morgan fingerprint density at radius 1 is 0.939 bits per heavy atom. The van der Waals surface area contributed by atoms with Gasteiger partial charge in [0.2, 0.25) is 0 Å². The summed E-state index contributed by atoms with van der Waals surface area (Å²) in [4.78, 5) is 17.1. The lowest BCUT2D eigenvalue weighted by molar-refractivity contribution is -0.126. The number of carbonyl (C=O) groups is 1. The zero-order valence-electron chi connectivity index (χ0n) is 18.8. The average molecular weight is 438 g/mol. The van der Waals surface area contributed by atoms with Crippen molar-refractivity contribution in [2.75, 3.05) is 31.1 Å². The van der Waals surface area contributed by atoms with Gasteiger partial charge in [-0.2, -0.15) is 5.26 Å². The van der Waals surface area contributed by atoms with E-state index in [1.807, 2.05) is 61.5 Å². The van der Waals surface area contributed by atoms with Crippen LogP contribution in [0.4, 0.5) is 5.69 Å². The minimum atomic E-state index is -0.237. The molecule has 0 atom stereocenters. The van der Waals surface area contributed by atoms with E-state index < -0.39 is 0 Å². The second-order valence-corrected chi connectivity index (χ2v) is 8.10. The zero-order valence-corrected chi connectivity index (χ0v) is 18.8. The summed E-state index contributed by atoms with van der Waals surface area (Å²) in [7, 11) is 0. The lowest BCUT2D eigenvalue weighted by Gasteiger charge is -2.36. The van der Waals surface area contributed by atoms with Crippen molar-refractivity contribution < 1.29 is 9.53 Å². The van der Waals surface area contributed by atoms with Gasteiger partial charge in [-0.3, -0.25) is 4.79 Å². The zero-order chi connectivity index (χ0) is 23.0. The molecule has 0 aromatic heterocycles. The summed E-state index contributed by atoms with van der Waals surface area (Å²) >= 11 is 0. The Bertz CT molecular complexity index is 1160. The van der Waals surface area contributed by atoms with Crippen LogP contribution in [-0.2, 0) is 11.4 Å². The predicted molar refractivity (Wildman–Crippen MR) is 131 cm³/mol. The summed E-state index contributed by atoms with van der Waals surface area (Å²) in [6, 6.07) is 27.9. The van der Waals surface area contributed by atoms with Crippen LogP contribution in [0.25, 0.3) is 6.08 Å². The van der Waals surface area contributed by atoms with Crippen molar-refractivity contribution in [3.8, 4) is 11.8 Å². The van der Waals surface area contributed by atoms with Gasteiger partial charge in [0.1, 0.15) is 24.0 Å². The highest BCUT2D eigenvalue weighted by atomic mass is 16.5. The van der Waals surface area contributed by atoms with E-state index in [1.54, 1.807) is 11.0 Å². The molecule has 33 heavy (non-hydrogen) atoms. The van der Waals surface area contributed by atoms with Gasteiger partial charge in [0.25, 0.3) is 5.91 Å². The van der Waals surface area contributed by atoms with Crippen molar-refractivity contribution in [2.24, 2.45) is 0 Å². The van der Waals surface area contributed by atoms with Gasteiger partial charge in [0.15, 0.2) is 0 Å². The van der Waals surface area contributed by atoms with Gasteiger partial charge in [-0.25, -0.2) is 0 Å². The van der Waals surface area contributed by atoms with Crippen molar-refractivity contribution in [1.29, 1.82) is 5.26 Å². The van der Waals surface area contributed by atoms with E-state index in [1.165, 1.54) is 5.56 Å². The summed E-state index contributed by atoms with van der Waals surface area (Å²) in [5, 5.41) is 9.73. The number of rotatable bonds is 6. The molecule has 1 fully saturated rings. The summed E-state index contributed by atoms with van der Waals surface area (Å²) in [5.41, 5.74) is 4.25. The number of para-hydroxylation sites is 2. The highest BCUT2D eigenvalue weighted by molar-refractivity contribution is 6.02. The average Bonchev–Trinajstić information content (AvgIpc) is 2.88. The Balaban J connectivity index is 1.44. The third kappa shape index (κ3) is 5.61. The molecular weight excluding hydrogens is 410 g/mol. The van der Waals surface area contributed by atoms with Crippen LogP contribution in [0.3, 0.4) is 0 Å². The maximum absolute atomic E-state index is 13.1. The van der Waals surface area contributed by atoms with E-state index in [4.69, 9.17) is 4.74 Å². The fourth-order valence-electron chi connectivity index (χ4n) is 3.85. The molecule has 5 nitrogen and oxygen atoms in total. The Kier molecular flexibility index (Phi) is 7.06. The number of amides is 1. The Morgan fingerprint density at radius 3 is 2.30 bits per heavy atom. The third-order valence-electron chi connectivity index (χ3n) is 5.77. The molecule has 166 valence electrons. The molecule has 3 aromatic rings. The molecule has 0 unspecified atom stereocenters. The molecule has 0 aliphatic carbocycles. The molecule has 1 aliphatic rings. The van der Waals surface area contributed by atoms with Crippen LogP contribution >= 0.6 is 0 Å². The van der Waals surface area contributed by atoms with Crippen molar-refractivity contribution in [3.63, 3.8) is 0 Å². The number of hydrogen-bond donors (Lipinski definition) is 0. The van der Waals surface area contributed by atoms with Crippen LogP contribution in [0.1, 0.15) is 16.7 Å². The molecule has 1 heterocycles. The number of benzene rings is 3. The summed E-state index contributed by atoms with van der Waals surface area (Å²) in [6.07, 6.45) is 1.64. The molecule has 0 saturated carbocycles. The summed E-state index contributed by atoms with van der Waals surface area (Å²) in [5.74, 6) is 0.408. The number of piperazine rings is 1. The number of nitrogens with zero attached hydrogens (tertiary/aromatic N) is 3. The first-order chi connectivity index (χ1) is 16.1. The molecule has 4 rings (SSSR count). The first-order valence-electron chi connectivity index (χ1n) is 11.1. The largest absolute Gasteiger partial charge is 0.488 e. The van der Waals surface area contributed by atoms with Crippen LogP contribution in [0, 0.1) is 18.3 Å². The number of ether oxygens (including phenoxy) is 1. The number of nitriles is 1. The van der Waals surface area contributed by atoms with E-state index in [2.05, 4.69) is 35.2 Å². The van der Waals surface area contributed by atoms with Crippen LogP contribution in [0.2, 0.25) is 0 Å². The molecule has 5 heteroatoms. The van der Waals surface area contributed by atoms with Crippen molar-refractivity contribution in [1.82, 2.24) is 4.90 Å². The van der Waals surface area contributed by atoms with Crippen molar-refractivity contribution >= 4 is 17.7 Å². The number of hydrogen-bond acceptors (Lipinski definition) is 4. The Hall–Kier alpha value is -4.04. The predicted octanol–water partition coefficient (Wildman–Crippen LogP) is 4.83. The van der Waals surface area contributed by atoms with E-state index in [0.29, 0.717) is 25.4 Å². The molecule has 1 saturated heterocycles. The topological polar surface area (TPSA) is 56.6 Å². The third-order valence-corrected chi connectivity index (χ3v) is 5.77. The smallest absolute Gasteiger partial charge is 0.264 e. The Morgan fingerprint density at radius 2 is 1.61 bits per heavy atom. The highest BCUT2D eigenvalue weighted by Gasteiger charge is 2.24. The monoisotopic (exact) mass is 437 g/mol. The first-order valence-corrected chi connectivity index (χ1v) is 11.1. The number of carbonyl (C=O) groups excluding carboxylic acids is 1. The van der Waals surface area contributed by atoms with Crippen LogP contribution in [0.5, 0.6) is 5.75 Å². The number of aryl methyl sites for hydroxylation is 1. The van der Waals surface area contributed by atoms with Crippen molar-refractivity contribution in [3.05, 3.63) is 101 Å². The summed E-state index contributed by atoms with van der Waals surface area (Å²) < 4.78 is 6.01. The van der Waals surface area contributed by atoms with Gasteiger partial charge >= 0.3 is 0 Å². The fraction of sp³-hybridized carbons (Fsp3) is 0.214. The van der Waals surface area contributed by atoms with E-state index in [-0.39, 0.29) is 11.5 Å². The fourth-order valence-corrected chi connectivity index (χ4v) is 3.85. The quantitative estimate of drug-likeness (QED) is 0.409. The maximum Gasteiger partial charge on any atom is 0.264 e. The molecule has 1 aliphatic heterocycles. The van der Waals surface area contributed by atoms with Crippen LogP contribution in [-0.4, -0.2) is 37.0 Å². The lowest BCUT2D eigenvalue weighted by Crippen LogP contribution is -2.49. The maximum atomic E-state index is 13.1. The normalized spacial score (nSPS) is 14.0. The second kappa shape index (κ2) is 10.5. The second-order valence-electron chi connectivity index (χ2n) is 8.10. The lowest BCUT2D eigenvalue weighted by atomic mass is 10.1. The van der Waals surface area contributed by atoms with Gasteiger partial charge in [-0.05, 0) is 36.8 Å². The summed E-state index contributed by atoms with van der Waals surface area (Å²) in [6.45, 7) is 5.11. The van der Waals surface area contributed by atoms with Gasteiger partial charge < -0.3 is 14.5 Å².